The summed E-state index contributed by atoms with van der Waals surface area (Å²) in [6, 6.07) is 26.0. The molecule has 0 amide bonds. The summed E-state index contributed by atoms with van der Waals surface area (Å²) in [7, 11) is 4.94. The summed E-state index contributed by atoms with van der Waals surface area (Å²) < 4.78 is 0. The fraction of sp³-hybridized carbons (Fsp3) is 0.500. The molecule has 0 saturated heterocycles. The van der Waals surface area contributed by atoms with Gasteiger partial charge in [0.05, 0.1) is 10.5 Å². The highest BCUT2D eigenvalue weighted by Gasteiger charge is 2.42. The summed E-state index contributed by atoms with van der Waals surface area (Å²) >= 11 is 0. The van der Waals surface area contributed by atoms with Crippen molar-refractivity contribution in [2.24, 2.45) is 0 Å². The molecule has 0 aromatic heterocycles. The van der Waals surface area contributed by atoms with Gasteiger partial charge in [0.15, 0.2) is 0 Å². The van der Waals surface area contributed by atoms with Crippen LogP contribution in [0.25, 0.3) is 0 Å². The fourth-order valence-electron chi connectivity index (χ4n) is 4.05. The van der Waals surface area contributed by atoms with Gasteiger partial charge in [0, 0.05) is 6.66 Å². The second-order valence-corrected chi connectivity index (χ2v) is 23.9. The molecular formula is C36H57BP3+. The number of benzene rings is 3. The van der Waals surface area contributed by atoms with Crippen LogP contribution >= 0.6 is 23.0 Å². The Bertz CT molecular complexity index is 1130. The predicted octanol–water partition coefficient (Wildman–Crippen LogP) is 10.2. The lowest BCUT2D eigenvalue weighted by Gasteiger charge is -2.33. The highest BCUT2D eigenvalue weighted by molar-refractivity contribution is 8.03. The third-order valence-corrected chi connectivity index (χ3v) is 18.7. The molecule has 0 spiro atoms. The number of hydrogen-bond acceptors (Lipinski definition) is 0. The summed E-state index contributed by atoms with van der Waals surface area (Å²) in [5, 5.41) is 5.46. The molecule has 4 heteroatoms. The monoisotopic (exact) mass is 593 g/mol. The van der Waals surface area contributed by atoms with Crippen LogP contribution in [0.4, 0.5) is 0 Å². The van der Waals surface area contributed by atoms with Crippen LogP contribution in [0.1, 0.15) is 79.0 Å². The first-order valence-electron chi connectivity index (χ1n) is 14.4. The first-order chi connectivity index (χ1) is 18.1. The van der Waals surface area contributed by atoms with Crippen LogP contribution in [0, 0.1) is 20.8 Å². The Labute approximate surface area is 253 Å². The minimum Gasteiger partial charge on any atom is -0.0727 e. The fourth-order valence-corrected chi connectivity index (χ4v) is 9.25. The Balaban J connectivity index is 0.000000300. The van der Waals surface area contributed by atoms with Gasteiger partial charge in [-0.25, -0.2) is 0 Å². The normalized spacial score (nSPS) is 15.0. The first-order valence-corrected chi connectivity index (χ1v) is 20.3. The molecule has 40 heavy (non-hydrogen) atoms. The van der Waals surface area contributed by atoms with Crippen LogP contribution in [-0.2, 0) is 0 Å². The molecule has 0 heterocycles. The van der Waals surface area contributed by atoms with Gasteiger partial charge in [-0.2, -0.15) is 0 Å². The van der Waals surface area contributed by atoms with Crippen molar-refractivity contribution in [1.29, 1.82) is 0 Å². The van der Waals surface area contributed by atoms with Crippen molar-refractivity contribution in [2.75, 3.05) is 20.0 Å². The molecule has 3 rings (SSSR count). The van der Waals surface area contributed by atoms with Crippen molar-refractivity contribution in [3.63, 3.8) is 0 Å². The van der Waals surface area contributed by atoms with Crippen LogP contribution < -0.4 is 15.9 Å². The maximum Gasteiger partial charge on any atom is 0.371 e. The Morgan fingerprint density at radius 3 is 1.10 bits per heavy atom. The van der Waals surface area contributed by atoms with Crippen LogP contribution in [-0.4, -0.2) is 43.0 Å². The van der Waals surface area contributed by atoms with Crippen molar-refractivity contribution in [1.82, 2.24) is 0 Å². The van der Waals surface area contributed by atoms with E-state index in [4.69, 9.17) is 7.57 Å². The van der Waals surface area contributed by atoms with E-state index in [0.717, 1.165) is 0 Å². The molecule has 0 aliphatic carbocycles. The minimum absolute atomic E-state index is 0.0376. The average Bonchev–Trinajstić information content (AvgIpc) is 2.83. The predicted molar refractivity (Wildman–Crippen MR) is 196 cm³/mol. The molecule has 0 nitrogen and oxygen atoms in total. The molecule has 0 bridgehead atoms. The van der Waals surface area contributed by atoms with E-state index < -0.39 is 7.14 Å². The molecule has 3 aromatic rings. The van der Waals surface area contributed by atoms with Crippen LogP contribution in [0.3, 0.4) is 0 Å². The molecule has 2 radical (unpaired) electrons. The third kappa shape index (κ3) is 10.7. The number of aryl methyl sites for hydroxylation is 3. The van der Waals surface area contributed by atoms with Crippen molar-refractivity contribution in [3.05, 3.63) is 89.5 Å². The van der Waals surface area contributed by atoms with Crippen molar-refractivity contribution in [3.8, 4) is 0 Å². The maximum absolute atomic E-state index is 6.53. The number of hydrogen-bond donors (Lipinski definition) is 0. The molecule has 3 aromatic carbocycles. The summed E-state index contributed by atoms with van der Waals surface area (Å²) in [6.45, 7) is 34.2. The van der Waals surface area contributed by atoms with Gasteiger partial charge < -0.3 is 0 Å². The maximum atomic E-state index is 6.53. The molecule has 0 N–H and O–H groups in total. The van der Waals surface area contributed by atoms with Gasteiger partial charge in [0.2, 0.25) is 0 Å². The van der Waals surface area contributed by atoms with E-state index in [-0.39, 0.29) is 21.0 Å². The Kier molecular flexibility index (Phi) is 13.8. The summed E-state index contributed by atoms with van der Waals surface area (Å²) in [4.78, 5) is 0. The van der Waals surface area contributed by atoms with Crippen molar-refractivity contribution in [2.45, 2.75) is 98.6 Å². The van der Waals surface area contributed by atoms with Gasteiger partial charge in [0.25, 0.3) is 0 Å². The van der Waals surface area contributed by atoms with Crippen molar-refractivity contribution < 1.29 is 0 Å². The van der Waals surface area contributed by atoms with E-state index in [1.807, 2.05) is 0 Å². The molecule has 218 valence electrons. The largest absolute Gasteiger partial charge is 0.371 e. The summed E-state index contributed by atoms with van der Waals surface area (Å²) in [5.41, 5.74) is 4.19. The molecular weight excluding hydrogens is 536 g/mol. The zero-order valence-electron chi connectivity index (χ0n) is 28.3. The first kappa shape index (κ1) is 37.0. The van der Waals surface area contributed by atoms with E-state index >= 15 is 0 Å². The van der Waals surface area contributed by atoms with Gasteiger partial charge in [0.1, 0.15) is 0 Å². The molecule has 1 unspecified atom stereocenters. The highest BCUT2D eigenvalue weighted by Crippen LogP contribution is 2.60. The molecule has 0 aliphatic rings. The lowest BCUT2D eigenvalue weighted by atomic mass is 10.2. The highest BCUT2D eigenvalue weighted by atomic mass is 31.2. The smallest absolute Gasteiger partial charge is 0.0727 e. The molecule has 0 fully saturated rings. The van der Waals surface area contributed by atoms with Crippen LogP contribution in [0.5, 0.6) is 0 Å². The van der Waals surface area contributed by atoms with Crippen LogP contribution in [0.15, 0.2) is 72.8 Å². The van der Waals surface area contributed by atoms with E-state index in [9.17, 15) is 0 Å². The minimum atomic E-state index is -1.52. The molecule has 0 saturated carbocycles. The van der Waals surface area contributed by atoms with E-state index in [2.05, 4.69) is 176 Å². The molecule has 3 atom stereocenters. The standard InChI is InChI=1S/C12H19BP.2C12H19P/c1-10-8-6-7-9-11(10)14(5,13)12(2,3)4;2*1-10-8-6-7-9-11(10)13(5)12(2,3)4/h6-9H,1-5H3;2*6-9H,1-5H3/q+1;;/t;2*13-/m.00/s1. The lowest BCUT2D eigenvalue weighted by molar-refractivity contribution is 0.787. The Hall–Kier alpha value is -0.985. The summed E-state index contributed by atoms with van der Waals surface area (Å²) in [5.74, 6) is 0. The Morgan fingerprint density at radius 2 is 0.825 bits per heavy atom. The molecule has 0 aliphatic heterocycles. The number of rotatable bonds is 3. The quantitative estimate of drug-likeness (QED) is 0.209. The SMILES string of the molecule is Cc1ccccc1[P@](C)C(C)(C)C.Cc1ccccc1[P@](C)C(C)(C)C.[B][P+](C)(c1ccccc1C)C(C)(C)C. The van der Waals surface area contributed by atoms with Crippen molar-refractivity contribution >= 4 is 46.5 Å². The van der Waals surface area contributed by atoms with E-state index in [1.165, 1.54) is 22.0 Å². The van der Waals surface area contributed by atoms with Crippen LogP contribution in [0.2, 0.25) is 0 Å². The Morgan fingerprint density at radius 1 is 0.525 bits per heavy atom. The van der Waals surface area contributed by atoms with E-state index in [0.29, 0.717) is 10.3 Å². The topological polar surface area (TPSA) is 0 Å². The third-order valence-electron chi connectivity index (χ3n) is 7.98. The average molecular weight is 594 g/mol. The zero-order chi connectivity index (χ0) is 31.1. The second-order valence-electron chi connectivity index (χ2n) is 14.1. The van der Waals surface area contributed by atoms with Gasteiger partial charge in [-0.1, -0.05) is 124 Å². The van der Waals surface area contributed by atoms with Gasteiger partial charge in [-0.05, 0) is 106 Å². The summed E-state index contributed by atoms with van der Waals surface area (Å²) in [6.07, 6.45) is 0. The zero-order valence-corrected chi connectivity index (χ0v) is 31.0. The lowest BCUT2D eigenvalue weighted by Crippen LogP contribution is -2.29. The van der Waals surface area contributed by atoms with E-state index in [1.54, 1.807) is 10.6 Å². The van der Waals surface area contributed by atoms with Gasteiger partial charge >= 0.3 is 7.57 Å². The van der Waals surface area contributed by atoms with Gasteiger partial charge in [-0.3, -0.25) is 0 Å². The second kappa shape index (κ2) is 15.0. The van der Waals surface area contributed by atoms with Gasteiger partial charge in [-0.15, -0.1) is 0 Å².